The van der Waals surface area contributed by atoms with E-state index in [4.69, 9.17) is 21.3 Å². The zero-order valence-corrected chi connectivity index (χ0v) is 19.3. The van der Waals surface area contributed by atoms with E-state index in [1.807, 2.05) is 44.6 Å². The van der Waals surface area contributed by atoms with Gasteiger partial charge in [-0.3, -0.25) is 9.69 Å². The van der Waals surface area contributed by atoms with Crippen LogP contribution in [0.2, 0.25) is 5.02 Å². The van der Waals surface area contributed by atoms with Crippen LogP contribution in [0.4, 0.5) is 5.13 Å². The molecule has 3 aromatic rings. The van der Waals surface area contributed by atoms with Crippen molar-refractivity contribution in [3.63, 3.8) is 0 Å². The molecular weight excluding hydrogens is 426 g/mol. The summed E-state index contributed by atoms with van der Waals surface area (Å²) in [5, 5.41) is 1.24. The predicted octanol–water partition coefficient (Wildman–Crippen LogP) is 5.28. The Hall–Kier alpha value is -1.80. The maximum Gasteiger partial charge on any atom is 0.260 e. The van der Waals surface area contributed by atoms with E-state index in [1.54, 1.807) is 35.9 Å². The number of anilines is 1. The molecule has 0 N–H and O–H groups in total. The van der Waals surface area contributed by atoms with E-state index in [0.717, 1.165) is 22.6 Å². The van der Waals surface area contributed by atoms with Crippen molar-refractivity contribution in [3.8, 4) is 5.75 Å². The number of hydrogen-bond donors (Lipinski definition) is 0. The summed E-state index contributed by atoms with van der Waals surface area (Å²) in [4.78, 5) is 23.1. The fourth-order valence-electron chi connectivity index (χ4n) is 2.96. The third-order valence-electron chi connectivity index (χ3n) is 4.45. The number of hydrogen-bond acceptors (Lipinski definition) is 6. The maximum absolute atomic E-state index is 13.4. The normalized spacial score (nSPS) is 11.2. The molecule has 0 atom stereocenters. The van der Waals surface area contributed by atoms with Gasteiger partial charge in [0.15, 0.2) is 5.13 Å². The minimum Gasteiger partial charge on any atom is -0.494 e. The summed E-state index contributed by atoms with van der Waals surface area (Å²) in [5.41, 5.74) is 1.34. The van der Waals surface area contributed by atoms with Crippen LogP contribution in [0.5, 0.6) is 5.75 Å². The highest BCUT2D eigenvalue weighted by Crippen LogP contribution is 2.39. The molecule has 3 rings (SSSR count). The molecule has 0 saturated heterocycles. The highest BCUT2D eigenvalue weighted by molar-refractivity contribution is 7.98. The highest BCUT2D eigenvalue weighted by atomic mass is 35.5. The molecule has 0 aliphatic rings. The molecule has 154 valence electrons. The van der Waals surface area contributed by atoms with Gasteiger partial charge in [0.1, 0.15) is 11.3 Å². The van der Waals surface area contributed by atoms with Crippen molar-refractivity contribution in [2.75, 3.05) is 45.5 Å². The number of carbonyl (C=O) groups is 1. The summed E-state index contributed by atoms with van der Waals surface area (Å²) in [6, 6.07) is 11.3. The second-order valence-electron chi connectivity index (χ2n) is 6.77. The monoisotopic (exact) mass is 449 g/mol. The van der Waals surface area contributed by atoms with Gasteiger partial charge in [0, 0.05) is 17.0 Å². The molecule has 0 radical (unpaired) electrons. The summed E-state index contributed by atoms with van der Waals surface area (Å²) in [7, 11) is 5.66. The summed E-state index contributed by atoms with van der Waals surface area (Å²) in [6.45, 7) is 1.45. The first-order valence-electron chi connectivity index (χ1n) is 9.18. The first-order valence-corrected chi connectivity index (χ1v) is 11.6. The van der Waals surface area contributed by atoms with Crippen LogP contribution in [-0.2, 0) is 0 Å². The van der Waals surface area contributed by atoms with E-state index in [2.05, 4.69) is 4.90 Å². The lowest BCUT2D eigenvalue weighted by molar-refractivity contribution is 0.0986. The van der Waals surface area contributed by atoms with Crippen molar-refractivity contribution in [1.82, 2.24) is 9.88 Å². The van der Waals surface area contributed by atoms with Crippen LogP contribution >= 0.6 is 34.7 Å². The van der Waals surface area contributed by atoms with Gasteiger partial charge in [-0.05, 0) is 63.6 Å². The van der Waals surface area contributed by atoms with Gasteiger partial charge in [-0.25, -0.2) is 4.98 Å². The highest BCUT2D eigenvalue weighted by Gasteiger charge is 2.23. The van der Waals surface area contributed by atoms with Crippen LogP contribution < -0.4 is 9.64 Å². The number of ether oxygens (including phenoxy) is 1. The number of thiazole rings is 1. The molecule has 0 aliphatic heterocycles. The molecule has 1 amide bonds. The first-order chi connectivity index (χ1) is 13.9. The molecule has 2 aromatic carbocycles. The Morgan fingerprint density at radius 3 is 2.72 bits per heavy atom. The molecule has 0 unspecified atom stereocenters. The van der Waals surface area contributed by atoms with E-state index in [0.29, 0.717) is 33.5 Å². The Morgan fingerprint density at radius 1 is 1.24 bits per heavy atom. The number of benzene rings is 2. The van der Waals surface area contributed by atoms with Crippen molar-refractivity contribution in [3.05, 3.63) is 47.0 Å². The van der Waals surface area contributed by atoms with Crippen molar-refractivity contribution in [2.45, 2.75) is 11.3 Å². The average molecular weight is 450 g/mol. The second-order valence-corrected chi connectivity index (χ2v) is 9.03. The molecule has 0 fully saturated rings. The zero-order chi connectivity index (χ0) is 21.0. The van der Waals surface area contributed by atoms with Gasteiger partial charge < -0.3 is 9.64 Å². The maximum atomic E-state index is 13.4. The van der Waals surface area contributed by atoms with Crippen LogP contribution in [0.25, 0.3) is 10.2 Å². The molecule has 0 aliphatic carbocycles. The van der Waals surface area contributed by atoms with Crippen molar-refractivity contribution in [1.29, 1.82) is 0 Å². The Labute approximate surface area is 184 Å². The Balaban J connectivity index is 2.02. The molecule has 29 heavy (non-hydrogen) atoms. The SMILES string of the molecule is COc1ccc(Cl)c2sc(N(CCCN(C)C)C(=O)c3cccc(SC)c3)nc12. The van der Waals surface area contributed by atoms with Crippen molar-refractivity contribution in [2.24, 2.45) is 0 Å². The summed E-state index contributed by atoms with van der Waals surface area (Å²) in [6.07, 6.45) is 2.84. The Morgan fingerprint density at radius 2 is 2.03 bits per heavy atom. The smallest absolute Gasteiger partial charge is 0.260 e. The number of halogens is 1. The first kappa shape index (κ1) is 21.9. The number of nitrogens with zero attached hydrogens (tertiary/aromatic N) is 3. The van der Waals surface area contributed by atoms with E-state index >= 15 is 0 Å². The third-order valence-corrected chi connectivity index (χ3v) is 6.71. The molecule has 0 bridgehead atoms. The molecule has 0 saturated carbocycles. The number of thioether (sulfide) groups is 1. The van der Waals surface area contributed by atoms with Crippen LogP contribution in [0.3, 0.4) is 0 Å². The van der Waals surface area contributed by atoms with Crippen LogP contribution in [0.15, 0.2) is 41.3 Å². The van der Waals surface area contributed by atoms with Gasteiger partial charge >= 0.3 is 0 Å². The Bertz CT molecular complexity index is 1010. The molecule has 5 nitrogen and oxygen atoms in total. The fraction of sp³-hybridized carbons (Fsp3) is 0.333. The van der Waals surface area contributed by atoms with Gasteiger partial charge in [0.2, 0.25) is 0 Å². The van der Waals surface area contributed by atoms with Gasteiger partial charge in [-0.2, -0.15) is 0 Å². The lowest BCUT2D eigenvalue weighted by Gasteiger charge is -2.21. The summed E-state index contributed by atoms with van der Waals surface area (Å²) < 4.78 is 6.26. The molecular formula is C21H24ClN3O2S2. The van der Waals surface area contributed by atoms with Gasteiger partial charge in [0.05, 0.1) is 16.8 Å². The topological polar surface area (TPSA) is 45.7 Å². The lowest BCUT2D eigenvalue weighted by atomic mass is 10.2. The zero-order valence-electron chi connectivity index (χ0n) is 16.9. The van der Waals surface area contributed by atoms with Crippen LogP contribution in [0.1, 0.15) is 16.8 Å². The number of amides is 1. The second kappa shape index (κ2) is 9.80. The minimum absolute atomic E-state index is 0.0613. The number of fused-ring (bicyclic) bond motifs is 1. The van der Waals surface area contributed by atoms with Gasteiger partial charge in [-0.15, -0.1) is 11.8 Å². The Kier molecular flexibility index (Phi) is 7.40. The van der Waals surface area contributed by atoms with Crippen LogP contribution in [0, 0.1) is 0 Å². The quantitative estimate of drug-likeness (QED) is 0.438. The molecule has 0 spiro atoms. The fourth-order valence-corrected chi connectivity index (χ4v) is 4.70. The van der Waals surface area contributed by atoms with E-state index < -0.39 is 0 Å². The van der Waals surface area contributed by atoms with Crippen molar-refractivity contribution >= 4 is 56.0 Å². The minimum atomic E-state index is -0.0613. The number of aromatic nitrogens is 1. The largest absolute Gasteiger partial charge is 0.494 e. The van der Waals surface area contributed by atoms with Crippen LogP contribution in [-0.4, -0.2) is 56.3 Å². The number of methoxy groups -OCH3 is 1. The third kappa shape index (κ3) is 5.04. The summed E-state index contributed by atoms with van der Waals surface area (Å²) in [5.74, 6) is 0.589. The average Bonchev–Trinajstić information content (AvgIpc) is 3.17. The summed E-state index contributed by atoms with van der Waals surface area (Å²) >= 11 is 9.42. The van der Waals surface area contributed by atoms with E-state index in [9.17, 15) is 4.79 Å². The van der Waals surface area contributed by atoms with Gasteiger partial charge in [-0.1, -0.05) is 29.0 Å². The van der Waals surface area contributed by atoms with Gasteiger partial charge in [0.25, 0.3) is 5.91 Å². The predicted molar refractivity (Wildman–Crippen MR) is 124 cm³/mol. The lowest BCUT2D eigenvalue weighted by Crippen LogP contribution is -2.33. The number of carbonyl (C=O) groups excluding carboxylic acids is 1. The molecule has 8 heteroatoms. The number of rotatable bonds is 8. The molecule has 1 aromatic heterocycles. The standard InChI is InChI=1S/C21H24ClN3O2S2/c1-24(2)11-6-12-25(20(26)14-7-5-8-15(13-14)28-4)21-23-18-17(27-3)10-9-16(22)19(18)29-21/h5,7-10,13H,6,11-12H2,1-4H3. The van der Waals surface area contributed by atoms with E-state index in [-0.39, 0.29) is 5.91 Å². The van der Waals surface area contributed by atoms with Crippen molar-refractivity contribution < 1.29 is 9.53 Å². The van der Waals surface area contributed by atoms with E-state index in [1.165, 1.54) is 11.3 Å². The molecule has 1 heterocycles.